The number of nitriles is 1. The van der Waals surface area contributed by atoms with Crippen LogP contribution in [0.15, 0.2) is 60.9 Å². The number of nitrogens with one attached hydrogen (secondary N) is 2. The molecule has 0 saturated heterocycles. The molecule has 140 valence electrons. The molecule has 0 bridgehead atoms. The molecule has 2 aromatic carbocycles. The molecule has 0 amide bonds. The summed E-state index contributed by atoms with van der Waals surface area (Å²) in [6, 6.07) is 16.7. The van der Waals surface area contributed by atoms with Gasteiger partial charge in [-0.25, -0.2) is 4.98 Å². The van der Waals surface area contributed by atoms with Gasteiger partial charge in [-0.3, -0.25) is 0 Å². The van der Waals surface area contributed by atoms with Crippen LogP contribution in [0.1, 0.15) is 16.5 Å². The molecule has 4 rings (SSSR count). The average Bonchev–Trinajstić information content (AvgIpc) is 3.35. The minimum Gasteiger partial charge on any atom is -0.366 e. The summed E-state index contributed by atoms with van der Waals surface area (Å²) in [5, 5.41) is 12.7. The van der Waals surface area contributed by atoms with Crippen molar-refractivity contribution in [3.05, 3.63) is 71.4 Å². The highest BCUT2D eigenvalue weighted by Crippen LogP contribution is 2.38. The molecule has 4 nitrogen and oxygen atoms in total. The SMILES string of the molecule is N#CC(Nc1ccc2[nH]cnc2c1)c1ccc(-c2ccc(C(F)(F)F)s2)cc1. The van der Waals surface area contributed by atoms with Crippen molar-refractivity contribution < 1.29 is 13.2 Å². The third-order valence-electron chi connectivity index (χ3n) is 4.28. The van der Waals surface area contributed by atoms with Gasteiger partial charge in [-0.2, -0.15) is 18.4 Å². The number of H-pyrrole nitrogens is 1. The first-order valence-corrected chi connectivity index (χ1v) is 9.12. The number of nitrogens with zero attached hydrogens (tertiary/aromatic N) is 2. The molecular formula is C20H13F3N4S. The topological polar surface area (TPSA) is 64.5 Å². The van der Waals surface area contributed by atoms with Gasteiger partial charge in [0.1, 0.15) is 10.9 Å². The Bertz CT molecular complexity index is 1150. The van der Waals surface area contributed by atoms with E-state index >= 15 is 0 Å². The van der Waals surface area contributed by atoms with E-state index in [0.717, 1.165) is 28.4 Å². The van der Waals surface area contributed by atoms with E-state index < -0.39 is 17.1 Å². The lowest BCUT2D eigenvalue weighted by Gasteiger charge is -2.14. The molecule has 0 spiro atoms. The van der Waals surface area contributed by atoms with Gasteiger partial charge in [0.2, 0.25) is 0 Å². The maximum Gasteiger partial charge on any atom is 0.425 e. The fraction of sp³-hybridized carbons (Fsp3) is 0.100. The van der Waals surface area contributed by atoms with Crippen molar-refractivity contribution in [2.24, 2.45) is 0 Å². The number of hydrogen-bond donors (Lipinski definition) is 2. The van der Waals surface area contributed by atoms with Crippen molar-refractivity contribution in [1.82, 2.24) is 9.97 Å². The number of hydrogen-bond acceptors (Lipinski definition) is 4. The molecule has 2 N–H and O–H groups in total. The Balaban J connectivity index is 1.54. The van der Waals surface area contributed by atoms with Crippen molar-refractivity contribution >= 4 is 28.1 Å². The summed E-state index contributed by atoms with van der Waals surface area (Å²) in [5.74, 6) is 0. The first kappa shape index (κ1) is 18.1. The number of rotatable bonds is 4. The van der Waals surface area contributed by atoms with Crippen molar-refractivity contribution in [2.45, 2.75) is 12.2 Å². The van der Waals surface area contributed by atoms with Gasteiger partial charge in [0.25, 0.3) is 0 Å². The van der Waals surface area contributed by atoms with E-state index in [9.17, 15) is 18.4 Å². The molecule has 2 aromatic heterocycles. The van der Waals surface area contributed by atoms with Crippen molar-refractivity contribution in [3.8, 4) is 16.5 Å². The fourth-order valence-electron chi connectivity index (χ4n) is 2.86. The van der Waals surface area contributed by atoms with Crippen LogP contribution in [0.5, 0.6) is 0 Å². The minimum atomic E-state index is -4.34. The number of anilines is 1. The second kappa shape index (κ2) is 7.02. The number of fused-ring (bicyclic) bond motifs is 1. The van der Waals surface area contributed by atoms with Gasteiger partial charge >= 0.3 is 6.18 Å². The van der Waals surface area contributed by atoms with Gasteiger partial charge in [0.15, 0.2) is 0 Å². The van der Waals surface area contributed by atoms with Crippen LogP contribution in [0.25, 0.3) is 21.5 Å². The molecule has 0 aliphatic carbocycles. The molecule has 0 aliphatic rings. The summed E-state index contributed by atoms with van der Waals surface area (Å²) >= 11 is 0.702. The van der Waals surface area contributed by atoms with Crippen LogP contribution < -0.4 is 5.32 Å². The molecule has 28 heavy (non-hydrogen) atoms. The highest BCUT2D eigenvalue weighted by molar-refractivity contribution is 7.15. The Kier molecular flexibility index (Phi) is 4.53. The number of thiophene rings is 1. The minimum absolute atomic E-state index is 0.532. The Morgan fingerprint density at radius 3 is 2.54 bits per heavy atom. The number of alkyl halides is 3. The average molecular weight is 398 g/mol. The molecule has 0 radical (unpaired) electrons. The van der Waals surface area contributed by atoms with E-state index in [1.807, 2.05) is 18.2 Å². The predicted octanol–water partition coefficient (Wildman–Crippen LogP) is 5.99. The summed E-state index contributed by atoms with van der Waals surface area (Å²) in [6.07, 6.45) is -2.74. The Labute approximate surface area is 162 Å². The van der Waals surface area contributed by atoms with Crippen LogP contribution >= 0.6 is 11.3 Å². The predicted molar refractivity (Wildman–Crippen MR) is 103 cm³/mol. The second-order valence-electron chi connectivity index (χ2n) is 6.12. The van der Waals surface area contributed by atoms with E-state index in [0.29, 0.717) is 21.8 Å². The van der Waals surface area contributed by atoms with E-state index in [2.05, 4.69) is 21.4 Å². The number of benzene rings is 2. The number of aromatic amines is 1. The summed E-state index contributed by atoms with van der Waals surface area (Å²) in [4.78, 5) is 7.10. The number of imidazole rings is 1. The molecule has 4 aromatic rings. The van der Waals surface area contributed by atoms with Gasteiger partial charge in [0, 0.05) is 10.6 Å². The van der Waals surface area contributed by atoms with Crippen molar-refractivity contribution in [2.75, 3.05) is 5.32 Å². The first-order valence-electron chi connectivity index (χ1n) is 8.31. The maximum atomic E-state index is 12.8. The zero-order valence-electron chi connectivity index (χ0n) is 14.3. The highest BCUT2D eigenvalue weighted by Gasteiger charge is 2.32. The summed E-state index contributed by atoms with van der Waals surface area (Å²) in [7, 11) is 0. The lowest BCUT2D eigenvalue weighted by atomic mass is 10.0. The normalized spacial score (nSPS) is 12.6. The summed E-state index contributed by atoms with van der Waals surface area (Å²) in [5.41, 5.74) is 3.84. The molecular weight excluding hydrogens is 385 g/mol. The van der Waals surface area contributed by atoms with Crippen molar-refractivity contribution in [3.63, 3.8) is 0 Å². The van der Waals surface area contributed by atoms with Gasteiger partial charge in [-0.1, -0.05) is 24.3 Å². The molecule has 1 unspecified atom stereocenters. The van der Waals surface area contributed by atoms with E-state index in [-0.39, 0.29) is 0 Å². The third kappa shape index (κ3) is 3.57. The van der Waals surface area contributed by atoms with Crippen LogP contribution in [0.4, 0.5) is 18.9 Å². The standard InChI is InChI=1S/C20H13F3N4S/c21-20(22,23)19-8-7-18(28-19)13-3-1-12(2-4-13)17(10-24)27-14-5-6-15-16(9-14)26-11-25-15/h1-9,11,17,27H,(H,25,26). The summed E-state index contributed by atoms with van der Waals surface area (Å²) < 4.78 is 38.3. The zero-order valence-corrected chi connectivity index (χ0v) is 15.1. The molecule has 2 heterocycles. The van der Waals surface area contributed by atoms with E-state index in [4.69, 9.17) is 0 Å². The Hall–Kier alpha value is -3.31. The molecule has 0 saturated carbocycles. The van der Waals surface area contributed by atoms with Crippen LogP contribution in [-0.4, -0.2) is 9.97 Å². The number of halogens is 3. The van der Waals surface area contributed by atoms with Gasteiger partial charge < -0.3 is 10.3 Å². The fourth-order valence-corrected chi connectivity index (χ4v) is 3.74. The Morgan fingerprint density at radius 2 is 1.86 bits per heavy atom. The van der Waals surface area contributed by atoms with Crippen LogP contribution in [0.3, 0.4) is 0 Å². The molecule has 1 atom stereocenters. The molecule has 8 heteroatoms. The second-order valence-corrected chi connectivity index (χ2v) is 7.21. The van der Waals surface area contributed by atoms with Crippen LogP contribution in [-0.2, 0) is 6.18 Å². The smallest absolute Gasteiger partial charge is 0.366 e. The monoisotopic (exact) mass is 398 g/mol. The number of aromatic nitrogens is 2. The van der Waals surface area contributed by atoms with E-state index in [1.165, 1.54) is 6.07 Å². The third-order valence-corrected chi connectivity index (χ3v) is 5.45. The van der Waals surface area contributed by atoms with Gasteiger partial charge in [0.05, 0.1) is 23.4 Å². The largest absolute Gasteiger partial charge is 0.425 e. The van der Waals surface area contributed by atoms with Crippen LogP contribution in [0.2, 0.25) is 0 Å². The lowest BCUT2D eigenvalue weighted by molar-refractivity contribution is -0.134. The quantitative estimate of drug-likeness (QED) is 0.444. The van der Waals surface area contributed by atoms with Gasteiger partial charge in [-0.15, -0.1) is 11.3 Å². The lowest BCUT2D eigenvalue weighted by Crippen LogP contribution is -2.08. The molecule has 0 aliphatic heterocycles. The first-order chi connectivity index (χ1) is 13.4. The maximum absolute atomic E-state index is 12.8. The van der Waals surface area contributed by atoms with E-state index in [1.54, 1.807) is 30.6 Å². The molecule has 0 fully saturated rings. The zero-order chi connectivity index (χ0) is 19.7. The highest BCUT2D eigenvalue weighted by atomic mass is 32.1. The Morgan fingerprint density at radius 1 is 1.07 bits per heavy atom. The van der Waals surface area contributed by atoms with Gasteiger partial charge in [-0.05, 0) is 41.5 Å². The summed E-state index contributed by atoms with van der Waals surface area (Å²) in [6.45, 7) is 0. The van der Waals surface area contributed by atoms with Crippen LogP contribution in [0, 0.1) is 11.3 Å². The van der Waals surface area contributed by atoms with Crippen molar-refractivity contribution in [1.29, 1.82) is 5.26 Å².